The minimum absolute atomic E-state index is 0.158. The van der Waals surface area contributed by atoms with Crippen LogP contribution in [-0.2, 0) is 30.3 Å². The third-order valence-electron chi connectivity index (χ3n) is 9.76. The van der Waals surface area contributed by atoms with Crippen LogP contribution in [0, 0.1) is 17.7 Å². The van der Waals surface area contributed by atoms with E-state index in [1.807, 2.05) is 37.8 Å². The maximum Gasteiger partial charge on any atom is 0.490 e. The zero-order valence-electron chi connectivity index (χ0n) is 33.2. The Balaban J connectivity index is 0.000000896. The predicted octanol–water partition coefficient (Wildman–Crippen LogP) is 5.30. The number of rotatable bonds is 10. The second-order valence-electron chi connectivity index (χ2n) is 15.3. The Hall–Kier alpha value is -6.02. The lowest BCUT2D eigenvalue weighted by molar-refractivity contribution is -0.192. The smallest absolute Gasteiger partial charge is 0.475 e. The number of morpholine rings is 1. The standard InChI is InChI=1S/C38H46FN9O5.C2HF3O2/c1-38(2,3)53-37(51)42-23-25-6-10-28(11-7-25)35(49)48(29-14-12-27(13-15-29)33-43-45-46-44-33)36(50)31(40)22-24-4-8-26(9-5-24)30-16-17-41-34(32(30)39)47-18-20-52-21-19-47;3-2(4,5)1(6)7/h4-5,8-9,12-17,25,28,31H,6-7,10-11,18-23,40H2,1-3H3,(H,42,51)(H,43,44,45,46);(H,6,7)/t25?,28?,31-;/m0./s1. The van der Waals surface area contributed by atoms with E-state index in [4.69, 9.17) is 25.1 Å². The first-order valence-electron chi connectivity index (χ1n) is 19.2. The monoisotopic (exact) mass is 841 g/mol. The summed E-state index contributed by atoms with van der Waals surface area (Å²) in [5, 5.41) is 24.0. The highest BCUT2D eigenvalue weighted by Crippen LogP contribution is 2.33. The lowest BCUT2D eigenvalue weighted by Crippen LogP contribution is -2.50. The maximum absolute atomic E-state index is 15.6. The lowest BCUT2D eigenvalue weighted by atomic mass is 9.81. The van der Waals surface area contributed by atoms with Crippen molar-refractivity contribution in [2.45, 2.75) is 70.7 Å². The number of carbonyl (C=O) groups is 4. The van der Waals surface area contributed by atoms with Gasteiger partial charge in [0, 0.05) is 42.9 Å². The van der Waals surface area contributed by atoms with Gasteiger partial charge in [0.05, 0.1) is 24.9 Å². The van der Waals surface area contributed by atoms with Crippen LogP contribution in [0.2, 0.25) is 0 Å². The molecule has 1 aliphatic heterocycles. The van der Waals surface area contributed by atoms with E-state index in [1.54, 1.807) is 48.7 Å². The van der Waals surface area contributed by atoms with Crippen LogP contribution in [-0.4, -0.2) is 105 Å². The van der Waals surface area contributed by atoms with Crippen LogP contribution < -0.4 is 20.9 Å². The molecule has 5 N–H and O–H groups in total. The summed E-state index contributed by atoms with van der Waals surface area (Å²) in [7, 11) is 0. The number of benzene rings is 2. The number of carboxylic acids is 1. The fourth-order valence-corrected chi connectivity index (χ4v) is 6.72. The number of tetrazole rings is 1. The fraction of sp³-hybridized carbons (Fsp3) is 0.450. The molecule has 6 rings (SSSR count). The molecule has 0 unspecified atom stereocenters. The van der Waals surface area contributed by atoms with Crippen LogP contribution in [0.25, 0.3) is 22.5 Å². The molecule has 1 saturated carbocycles. The van der Waals surface area contributed by atoms with Crippen molar-refractivity contribution in [1.29, 1.82) is 0 Å². The van der Waals surface area contributed by atoms with Gasteiger partial charge in [-0.05, 0) is 105 Å². The zero-order valence-corrected chi connectivity index (χ0v) is 33.2. The Bertz CT molecular complexity index is 2070. The van der Waals surface area contributed by atoms with Crippen LogP contribution >= 0.6 is 0 Å². The van der Waals surface area contributed by atoms with E-state index in [9.17, 15) is 27.6 Å². The number of carboxylic acid groups (broad SMARTS) is 1. The van der Waals surface area contributed by atoms with E-state index >= 15 is 4.39 Å². The minimum atomic E-state index is -5.08. The summed E-state index contributed by atoms with van der Waals surface area (Å²) in [6.07, 6.45) is -1.28. The van der Waals surface area contributed by atoms with Crippen molar-refractivity contribution in [3.05, 3.63) is 72.2 Å². The number of nitrogens with zero attached hydrogens (tertiary/aromatic N) is 6. The van der Waals surface area contributed by atoms with Crippen LogP contribution in [0.5, 0.6) is 0 Å². The Morgan fingerprint density at radius 2 is 1.60 bits per heavy atom. The number of aliphatic carboxylic acids is 1. The third-order valence-corrected chi connectivity index (χ3v) is 9.76. The largest absolute Gasteiger partial charge is 0.490 e. The summed E-state index contributed by atoms with van der Waals surface area (Å²) < 4.78 is 58.1. The normalized spacial score (nSPS) is 17.4. The number of amides is 3. The van der Waals surface area contributed by atoms with E-state index in [0.29, 0.717) is 92.6 Å². The van der Waals surface area contributed by atoms with Gasteiger partial charge >= 0.3 is 18.2 Å². The number of alkyl halides is 3. The summed E-state index contributed by atoms with van der Waals surface area (Å²) in [5.41, 5.74) is 8.86. The third kappa shape index (κ3) is 12.3. The van der Waals surface area contributed by atoms with Gasteiger partial charge in [-0.3, -0.25) is 9.59 Å². The van der Waals surface area contributed by atoms with E-state index in [1.165, 1.54) is 4.90 Å². The molecule has 1 aliphatic carbocycles. The second-order valence-corrected chi connectivity index (χ2v) is 15.3. The van der Waals surface area contributed by atoms with E-state index in [0.717, 1.165) is 5.56 Å². The quantitative estimate of drug-likeness (QED) is 0.149. The Kier molecular flexibility index (Phi) is 14.9. The predicted molar refractivity (Wildman–Crippen MR) is 210 cm³/mol. The van der Waals surface area contributed by atoms with Crippen molar-refractivity contribution in [2.24, 2.45) is 17.6 Å². The lowest BCUT2D eigenvalue weighted by Gasteiger charge is -2.32. The number of ether oxygens (including phenoxy) is 2. The van der Waals surface area contributed by atoms with Crippen molar-refractivity contribution in [2.75, 3.05) is 42.6 Å². The zero-order chi connectivity index (χ0) is 43.6. The van der Waals surface area contributed by atoms with Gasteiger partial charge < -0.3 is 30.5 Å². The molecule has 3 amide bonds. The number of halogens is 4. The van der Waals surface area contributed by atoms with E-state index in [2.05, 4.69) is 30.9 Å². The molecule has 20 heteroatoms. The summed E-state index contributed by atoms with van der Waals surface area (Å²) in [6, 6.07) is 14.6. The van der Waals surface area contributed by atoms with Gasteiger partial charge in [0.25, 0.3) is 5.91 Å². The number of imide groups is 1. The topological polar surface area (TPSA) is 219 Å². The fourth-order valence-electron chi connectivity index (χ4n) is 6.72. The number of H-pyrrole nitrogens is 1. The van der Waals surface area contributed by atoms with Gasteiger partial charge in [0.2, 0.25) is 11.7 Å². The maximum atomic E-state index is 15.6. The van der Waals surface area contributed by atoms with Gasteiger partial charge in [0.1, 0.15) is 5.60 Å². The van der Waals surface area contributed by atoms with E-state index in [-0.39, 0.29) is 18.2 Å². The molecule has 322 valence electrons. The highest BCUT2D eigenvalue weighted by Gasteiger charge is 2.38. The Morgan fingerprint density at radius 1 is 0.983 bits per heavy atom. The Labute approximate surface area is 342 Å². The molecule has 2 aliphatic rings. The number of hydrogen-bond donors (Lipinski definition) is 4. The summed E-state index contributed by atoms with van der Waals surface area (Å²) >= 11 is 0. The number of pyridine rings is 1. The first-order chi connectivity index (χ1) is 28.4. The van der Waals surface area contributed by atoms with Crippen LogP contribution in [0.4, 0.5) is 33.9 Å². The molecular formula is C40H47F4N9O7. The minimum Gasteiger partial charge on any atom is -0.475 e. The van der Waals surface area contributed by atoms with Crippen LogP contribution in [0.1, 0.15) is 52.0 Å². The molecule has 2 aromatic carbocycles. The molecule has 60 heavy (non-hydrogen) atoms. The van der Waals surface area contributed by atoms with Gasteiger partial charge in [-0.2, -0.15) is 18.4 Å². The van der Waals surface area contributed by atoms with Crippen molar-refractivity contribution < 1.29 is 51.3 Å². The SMILES string of the molecule is CC(C)(C)OC(=O)NCC1CCC(C(=O)N(C(=O)[C@@H](N)Cc2ccc(-c3ccnc(N4CCOCC4)c3F)cc2)c2ccc(-c3nn[nH]n3)cc2)CC1.O=C(O)C(F)(F)F. The number of nitrogens with one attached hydrogen (secondary N) is 2. The van der Waals surface area contributed by atoms with Crippen LogP contribution in [0.15, 0.2) is 60.8 Å². The van der Waals surface area contributed by atoms with Crippen molar-refractivity contribution in [3.8, 4) is 22.5 Å². The van der Waals surface area contributed by atoms with E-state index < -0.39 is 47.5 Å². The number of anilines is 2. The molecule has 16 nitrogen and oxygen atoms in total. The number of hydrogen-bond acceptors (Lipinski definition) is 12. The number of aromatic amines is 1. The molecule has 4 aromatic rings. The average Bonchev–Trinajstić information content (AvgIpc) is 3.76. The molecule has 3 heterocycles. The molecule has 2 aromatic heterocycles. The first-order valence-corrected chi connectivity index (χ1v) is 19.2. The molecular weight excluding hydrogens is 794 g/mol. The number of alkyl carbamates (subject to hydrolysis) is 1. The van der Waals surface area contributed by atoms with Crippen molar-refractivity contribution >= 4 is 35.4 Å². The number of carbonyl (C=O) groups excluding carboxylic acids is 3. The van der Waals surface area contributed by atoms with Crippen molar-refractivity contribution in [3.63, 3.8) is 0 Å². The molecule has 1 atom stereocenters. The van der Waals surface area contributed by atoms with Gasteiger partial charge in [0.15, 0.2) is 11.6 Å². The van der Waals surface area contributed by atoms with Gasteiger partial charge in [-0.1, -0.05) is 24.3 Å². The molecule has 0 bridgehead atoms. The van der Waals surface area contributed by atoms with Crippen molar-refractivity contribution in [1.82, 2.24) is 30.9 Å². The Morgan fingerprint density at radius 3 is 2.17 bits per heavy atom. The molecule has 0 spiro atoms. The molecule has 1 saturated heterocycles. The first kappa shape index (κ1) is 45.1. The second kappa shape index (κ2) is 19.8. The average molecular weight is 842 g/mol. The number of aromatic nitrogens is 5. The summed E-state index contributed by atoms with van der Waals surface area (Å²) in [4.78, 5) is 56.7. The van der Waals surface area contributed by atoms with Gasteiger partial charge in [-0.15, -0.1) is 10.2 Å². The highest BCUT2D eigenvalue weighted by molar-refractivity contribution is 6.17. The van der Waals surface area contributed by atoms with Gasteiger partial charge in [-0.25, -0.2) is 23.9 Å². The van der Waals surface area contributed by atoms with Crippen LogP contribution in [0.3, 0.4) is 0 Å². The highest BCUT2D eigenvalue weighted by atomic mass is 19.4. The molecule has 0 radical (unpaired) electrons. The number of nitrogens with two attached hydrogens (primary N) is 1. The summed E-state index contributed by atoms with van der Waals surface area (Å²) in [6.45, 7) is 8.04. The molecule has 2 fully saturated rings. The summed E-state index contributed by atoms with van der Waals surface area (Å²) in [5.74, 6) is -3.56.